The Morgan fingerprint density at radius 1 is 1.59 bits per heavy atom. The number of nitrogens with zero attached hydrogens (tertiary/aromatic N) is 5. The van der Waals surface area contributed by atoms with Crippen LogP contribution in [0.2, 0.25) is 0 Å². The number of anilines is 1. The van der Waals surface area contributed by atoms with Crippen LogP contribution in [0, 0.1) is 0 Å². The van der Waals surface area contributed by atoms with E-state index in [-0.39, 0.29) is 5.69 Å². The Bertz CT molecular complexity index is 517. The maximum atomic E-state index is 10.6. The fraction of sp³-hybridized carbons (Fsp3) is 0.333. The standard InChI is InChI=1S/C9H12N6O2/c1-14-4-2-8(12-14)10-3-5-15-6-7(9(16)17)11-13-15/h2,4,6H,3,5H2,1H3,(H,10,12)(H,16,17). The zero-order valence-electron chi connectivity index (χ0n) is 9.24. The van der Waals surface area contributed by atoms with Crippen LogP contribution in [0.5, 0.6) is 0 Å². The highest BCUT2D eigenvalue weighted by Crippen LogP contribution is 2.00. The molecule has 0 fully saturated rings. The van der Waals surface area contributed by atoms with Crippen LogP contribution in [-0.2, 0) is 13.6 Å². The van der Waals surface area contributed by atoms with Gasteiger partial charge in [0.25, 0.3) is 0 Å². The number of hydrogen-bond acceptors (Lipinski definition) is 5. The molecule has 0 spiro atoms. The molecule has 17 heavy (non-hydrogen) atoms. The van der Waals surface area contributed by atoms with Crippen molar-refractivity contribution in [3.8, 4) is 0 Å². The van der Waals surface area contributed by atoms with Gasteiger partial charge < -0.3 is 10.4 Å². The van der Waals surface area contributed by atoms with E-state index in [1.165, 1.54) is 10.9 Å². The van der Waals surface area contributed by atoms with Crippen molar-refractivity contribution in [1.82, 2.24) is 24.8 Å². The van der Waals surface area contributed by atoms with Crippen LogP contribution in [0.15, 0.2) is 18.5 Å². The Kier molecular flexibility index (Phi) is 3.03. The summed E-state index contributed by atoms with van der Waals surface area (Å²) in [6.45, 7) is 1.12. The fourth-order valence-electron chi connectivity index (χ4n) is 1.31. The van der Waals surface area contributed by atoms with Gasteiger partial charge in [0.05, 0.1) is 12.7 Å². The van der Waals surface area contributed by atoms with Crippen molar-refractivity contribution >= 4 is 11.8 Å². The summed E-state index contributed by atoms with van der Waals surface area (Å²) in [7, 11) is 1.84. The summed E-state index contributed by atoms with van der Waals surface area (Å²) in [6, 6.07) is 1.85. The van der Waals surface area contributed by atoms with Crippen molar-refractivity contribution < 1.29 is 9.90 Å². The van der Waals surface area contributed by atoms with E-state index >= 15 is 0 Å². The quantitative estimate of drug-likeness (QED) is 0.747. The summed E-state index contributed by atoms with van der Waals surface area (Å²) < 4.78 is 3.17. The third-order valence-electron chi connectivity index (χ3n) is 2.12. The predicted molar refractivity (Wildman–Crippen MR) is 58.7 cm³/mol. The third-order valence-corrected chi connectivity index (χ3v) is 2.12. The third kappa shape index (κ3) is 2.80. The van der Waals surface area contributed by atoms with Crippen molar-refractivity contribution in [2.45, 2.75) is 6.54 Å². The molecule has 2 rings (SSSR count). The second-order valence-electron chi connectivity index (χ2n) is 3.47. The first-order valence-corrected chi connectivity index (χ1v) is 5.02. The Balaban J connectivity index is 1.83. The molecular formula is C9H12N6O2. The van der Waals surface area contributed by atoms with Gasteiger partial charge in [0.2, 0.25) is 0 Å². The van der Waals surface area contributed by atoms with Crippen LogP contribution >= 0.6 is 0 Å². The summed E-state index contributed by atoms with van der Waals surface area (Å²) in [5.41, 5.74) is -0.0529. The van der Waals surface area contributed by atoms with E-state index in [0.717, 1.165) is 5.82 Å². The lowest BCUT2D eigenvalue weighted by Crippen LogP contribution is -2.11. The van der Waals surface area contributed by atoms with E-state index < -0.39 is 5.97 Å². The number of carboxylic acid groups (broad SMARTS) is 1. The van der Waals surface area contributed by atoms with Gasteiger partial charge in [-0.05, 0) is 0 Å². The number of aromatic nitrogens is 5. The van der Waals surface area contributed by atoms with Crippen molar-refractivity contribution in [3.05, 3.63) is 24.2 Å². The summed E-state index contributed by atoms with van der Waals surface area (Å²) >= 11 is 0. The first-order valence-electron chi connectivity index (χ1n) is 5.02. The number of nitrogens with one attached hydrogen (secondary N) is 1. The second-order valence-corrected chi connectivity index (χ2v) is 3.47. The second kappa shape index (κ2) is 4.64. The molecule has 0 saturated heterocycles. The highest BCUT2D eigenvalue weighted by molar-refractivity contribution is 5.84. The van der Waals surface area contributed by atoms with Crippen LogP contribution in [0.1, 0.15) is 10.5 Å². The highest BCUT2D eigenvalue weighted by Gasteiger charge is 2.07. The molecule has 8 heteroatoms. The van der Waals surface area contributed by atoms with Gasteiger partial charge in [-0.2, -0.15) is 5.10 Å². The number of carboxylic acids is 1. The zero-order chi connectivity index (χ0) is 12.3. The number of aromatic carboxylic acids is 1. The first-order chi connectivity index (χ1) is 8.15. The first kappa shape index (κ1) is 11.1. The number of rotatable bonds is 5. The average Bonchev–Trinajstić information content (AvgIpc) is 2.88. The van der Waals surface area contributed by atoms with Crippen LogP contribution < -0.4 is 5.32 Å². The molecule has 0 aliphatic heterocycles. The Labute approximate surface area is 96.9 Å². The molecule has 0 aliphatic rings. The Morgan fingerprint density at radius 2 is 2.41 bits per heavy atom. The largest absolute Gasteiger partial charge is 0.476 e. The summed E-state index contributed by atoms with van der Waals surface area (Å²) in [4.78, 5) is 10.6. The maximum absolute atomic E-state index is 10.6. The van der Waals surface area contributed by atoms with Crippen molar-refractivity contribution in [2.24, 2.45) is 7.05 Å². The average molecular weight is 236 g/mol. The minimum Gasteiger partial charge on any atom is -0.476 e. The molecule has 0 saturated carbocycles. The Morgan fingerprint density at radius 3 is 3.00 bits per heavy atom. The molecule has 0 unspecified atom stereocenters. The molecule has 2 aromatic rings. The maximum Gasteiger partial charge on any atom is 0.358 e. The van der Waals surface area contributed by atoms with E-state index in [2.05, 4.69) is 20.7 Å². The van der Waals surface area contributed by atoms with Crippen LogP contribution in [0.3, 0.4) is 0 Å². The SMILES string of the molecule is Cn1ccc(NCCn2cc(C(=O)O)nn2)n1. The van der Waals surface area contributed by atoms with E-state index in [1.54, 1.807) is 4.68 Å². The van der Waals surface area contributed by atoms with Gasteiger partial charge in [0.1, 0.15) is 5.82 Å². The molecule has 2 N–H and O–H groups in total. The lowest BCUT2D eigenvalue weighted by atomic mass is 10.5. The number of hydrogen-bond donors (Lipinski definition) is 2. The van der Waals surface area contributed by atoms with Gasteiger partial charge in [-0.25, -0.2) is 9.48 Å². The number of aryl methyl sites for hydroxylation is 1. The summed E-state index contributed by atoms with van der Waals surface area (Å²) in [6.07, 6.45) is 3.22. The molecule has 0 amide bonds. The van der Waals surface area contributed by atoms with Gasteiger partial charge in [-0.15, -0.1) is 5.10 Å². The molecule has 0 radical (unpaired) electrons. The number of carbonyl (C=O) groups is 1. The van der Waals surface area contributed by atoms with E-state index in [1.807, 2.05) is 19.3 Å². The summed E-state index contributed by atoms with van der Waals surface area (Å²) in [5, 5.41) is 23.1. The molecular weight excluding hydrogens is 224 g/mol. The van der Waals surface area contributed by atoms with E-state index in [9.17, 15) is 4.79 Å². The summed E-state index contributed by atoms with van der Waals surface area (Å²) in [5.74, 6) is -0.306. The molecule has 0 atom stereocenters. The molecule has 8 nitrogen and oxygen atoms in total. The fourth-order valence-corrected chi connectivity index (χ4v) is 1.31. The molecule has 0 aromatic carbocycles. The smallest absolute Gasteiger partial charge is 0.358 e. The monoisotopic (exact) mass is 236 g/mol. The van der Waals surface area contributed by atoms with E-state index in [0.29, 0.717) is 13.1 Å². The molecule has 0 aliphatic carbocycles. The van der Waals surface area contributed by atoms with Gasteiger partial charge in [-0.1, -0.05) is 5.21 Å². The molecule has 2 aromatic heterocycles. The molecule has 90 valence electrons. The van der Waals surface area contributed by atoms with Crippen molar-refractivity contribution in [2.75, 3.05) is 11.9 Å². The van der Waals surface area contributed by atoms with E-state index in [4.69, 9.17) is 5.11 Å². The topological polar surface area (TPSA) is 97.9 Å². The molecule has 0 bridgehead atoms. The van der Waals surface area contributed by atoms with Gasteiger partial charge >= 0.3 is 5.97 Å². The van der Waals surface area contributed by atoms with Gasteiger partial charge in [0, 0.05) is 25.9 Å². The highest BCUT2D eigenvalue weighted by atomic mass is 16.4. The van der Waals surface area contributed by atoms with Crippen LogP contribution in [-0.4, -0.2) is 42.4 Å². The minimum atomic E-state index is -1.08. The lowest BCUT2D eigenvalue weighted by Gasteiger charge is -2.01. The van der Waals surface area contributed by atoms with Crippen molar-refractivity contribution in [1.29, 1.82) is 0 Å². The van der Waals surface area contributed by atoms with Crippen molar-refractivity contribution in [3.63, 3.8) is 0 Å². The lowest BCUT2D eigenvalue weighted by molar-refractivity contribution is 0.0690. The minimum absolute atomic E-state index is 0.0529. The van der Waals surface area contributed by atoms with Crippen LogP contribution in [0.25, 0.3) is 0 Å². The zero-order valence-corrected chi connectivity index (χ0v) is 9.24. The predicted octanol–water partition coefficient (Wildman–Crippen LogP) is -0.178. The van der Waals surface area contributed by atoms with Gasteiger partial charge in [0.15, 0.2) is 5.69 Å². The molecule has 2 heterocycles. The Hall–Kier alpha value is -2.38. The van der Waals surface area contributed by atoms with Gasteiger partial charge in [-0.3, -0.25) is 4.68 Å². The normalized spacial score (nSPS) is 10.4. The van der Waals surface area contributed by atoms with Crippen LogP contribution in [0.4, 0.5) is 5.82 Å².